The van der Waals surface area contributed by atoms with Crippen LogP contribution >= 0.6 is 0 Å². The predicted molar refractivity (Wildman–Crippen MR) is 60.7 cm³/mol. The molecule has 5 nitrogen and oxygen atoms in total. The maximum absolute atomic E-state index is 11.7. The Bertz CT molecular complexity index is 520. The fourth-order valence-corrected chi connectivity index (χ4v) is 1.46. The molecule has 2 rings (SSSR count). The van der Waals surface area contributed by atoms with Crippen molar-refractivity contribution in [2.75, 3.05) is 7.05 Å². The lowest BCUT2D eigenvalue weighted by molar-refractivity contribution is -0.129. The van der Waals surface area contributed by atoms with E-state index in [2.05, 4.69) is 5.32 Å². The Labute approximate surface area is 97.7 Å². The maximum Gasteiger partial charge on any atom is 0.331 e. The second kappa shape index (κ2) is 4.21. The summed E-state index contributed by atoms with van der Waals surface area (Å²) >= 11 is 0. The van der Waals surface area contributed by atoms with E-state index in [9.17, 15) is 14.4 Å². The van der Waals surface area contributed by atoms with E-state index >= 15 is 0 Å². The Kier molecular flexibility index (Phi) is 2.74. The highest BCUT2D eigenvalue weighted by Crippen LogP contribution is 2.12. The average molecular weight is 230 g/mol. The van der Waals surface area contributed by atoms with Gasteiger partial charge in [0, 0.05) is 7.05 Å². The van der Waals surface area contributed by atoms with Crippen LogP contribution in [0.5, 0.6) is 0 Å². The first-order valence-corrected chi connectivity index (χ1v) is 4.99. The fourth-order valence-electron chi connectivity index (χ4n) is 1.46. The van der Waals surface area contributed by atoms with Gasteiger partial charge in [0.1, 0.15) is 5.57 Å². The van der Waals surface area contributed by atoms with Gasteiger partial charge in [0.15, 0.2) is 0 Å². The summed E-state index contributed by atoms with van der Waals surface area (Å²) in [4.78, 5) is 35.3. The molecule has 86 valence electrons. The predicted octanol–water partition coefficient (Wildman–Crippen LogP) is 0.778. The number of hydrogen-bond acceptors (Lipinski definition) is 3. The van der Waals surface area contributed by atoms with Crippen LogP contribution < -0.4 is 5.32 Å². The first-order chi connectivity index (χ1) is 8.09. The molecule has 5 heteroatoms. The lowest BCUT2D eigenvalue weighted by Gasteiger charge is -2.22. The van der Waals surface area contributed by atoms with E-state index in [1.165, 1.54) is 13.1 Å². The first-order valence-electron chi connectivity index (χ1n) is 4.99. The lowest BCUT2D eigenvalue weighted by atomic mass is 10.1. The molecule has 17 heavy (non-hydrogen) atoms. The highest BCUT2D eigenvalue weighted by atomic mass is 16.2. The number of rotatable bonds is 1. The SMILES string of the molecule is CN1C(=O)NC(=O)C(=Cc2ccccc2)C1=O. The molecular weight excluding hydrogens is 220 g/mol. The number of amides is 4. The molecule has 1 fully saturated rings. The number of nitrogens with one attached hydrogen (secondary N) is 1. The first kappa shape index (κ1) is 11.1. The molecule has 0 unspecified atom stereocenters. The van der Waals surface area contributed by atoms with Gasteiger partial charge < -0.3 is 0 Å². The molecule has 0 radical (unpaired) electrons. The van der Waals surface area contributed by atoms with Crippen LogP contribution in [-0.4, -0.2) is 29.8 Å². The van der Waals surface area contributed by atoms with Crippen LogP contribution in [0.2, 0.25) is 0 Å². The van der Waals surface area contributed by atoms with Crippen LogP contribution in [0, 0.1) is 0 Å². The van der Waals surface area contributed by atoms with E-state index in [0.717, 1.165) is 10.5 Å². The topological polar surface area (TPSA) is 66.5 Å². The van der Waals surface area contributed by atoms with Crippen molar-refractivity contribution in [1.82, 2.24) is 10.2 Å². The molecule has 1 aromatic carbocycles. The molecule has 1 aliphatic heterocycles. The highest BCUT2D eigenvalue weighted by Gasteiger charge is 2.32. The Balaban J connectivity index is 2.38. The number of imide groups is 2. The maximum atomic E-state index is 11.7. The monoisotopic (exact) mass is 230 g/mol. The number of barbiturate groups is 1. The van der Waals surface area contributed by atoms with E-state index < -0.39 is 17.8 Å². The Morgan fingerprint density at radius 1 is 1.12 bits per heavy atom. The molecule has 1 heterocycles. The van der Waals surface area contributed by atoms with E-state index in [1.807, 2.05) is 6.07 Å². The van der Waals surface area contributed by atoms with Gasteiger partial charge in [-0.05, 0) is 11.6 Å². The quantitative estimate of drug-likeness (QED) is 0.572. The van der Waals surface area contributed by atoms with Crippen LogP contribution in [-0.2, 0) is 9.59 Å². The number of carbonyl (C=O) groups is 3. The smallest absolute Gasteiger partial charge is 0.273 e. The normalized spacial score (nSPS) is 18.5. The van der Waals surface area contributed by atoms with Gasteiger partial charge >= 0.3 is 6.03 Å². The molecule has 0 bridgehead atoms. The van der Waals surface area contributed by atoms with E-state index in [-0.39, 0.29) is 5.57 Å². The minimum absolute atomic E-state index is 0.0432. The number of nitrogens with zero attached hydrogens (tertiary/aromatic N) is 1. The number of urea groups is 1. The molecule has 0 spiro atoms. The zero-order valence-corrected chi connectivity index (χ0v) is 9.14. The molecular formula is C12H10N2O3. The average Bonchev–Trinajstić information content (AvgIpc) is 2.33. The molecule has 4 amide bonds. The van der Waals surface area contributed by atoms with Crippen molar-refractivity contribution < 1.29 is 14.4 Å². The van der Waals surface area contributed by atoms with Crippen molar-refractivity contribution in [2.24, 2.45) is 0 Å². The molecule has 1 aromatic rings. The van der Waals surface area contributed by atoms with Gasteiger partial charge in [0.25, 0.3) is 11.8 Å². The lowest BCUT2D eigenvalue weighted by Crippen LogP contribution is -2.52. The van der Waals surface area contributed by atoms with E-state index in [1.54, 1.807) is 24.3 Å². The van der Waals surface area contributed by atoms with E-state index in [4.69, 9.17) is 0 Å². The summed E-state index contributed by atoms with van der Waals surface area (Å²) in [7, 11) is 1.32. The Morgan fingerprint density at radius 3 is 2.41 bits per heavy atom. The van der Waals surface area contributed by atoms with E-state index in [0.29, 0.717) is 0 Å². The largest absolute Gasteiger partial charge is 0.331 e. The molecule has 0 aliphatic carbocycles. The number of benzene rings is 1. The standard InChI is InChI=1S/C12H10N2O3/c1-14-11(16)9(10(15)13-12(14)17)7-8-5-3-2-4-6-8/h2-7H,1H3,(H,13,15,17). The Morgan fingerprint density at radius 2 is 1.76 bits per heavy atom. The zero-order chi connectivity index (χ0) is 12.4. The number of likely N-dealkylation sites (N-methyl/N-ethyl adjacent to an activating group) is 1. The minimum atomic E-state index is -0.704. The molecule has 1 aliphatic rings. The Hall–Kier alpha value is -2.43. The summed E-state index contributed by atoms with van der Waals surface area (Å²) in [5.41, 5.74) is 0.687. The molecule has 0 saturated carbocycles. The van der Waals surface area contributed by atoms with Crippen LogP contribution in [0.3, 0.4) is 0 Å². The van der Waals surface area contributed by atoms with Crippen molar-refractivity contribution in [3.8, 4) is 0 Å². The van der Waals surface area contributed by atoms with Crippen molar-refractivity contribution >= 4 is 23.9 Å². The third-order valence-corrected chi connectivity index (χ3v) is 2.42. The van der Waals surface area contributed by atoms with Gasteiger partial charge in [-0.15, -0.1) is 0 Å². The van der Waals surface area contributed by atoms with Crippen molar-refractivity contribution in [3.05, 3.63) is 41.5 Å². The summed E-state index contributed by atoms with van der Waals surface area (Å²) in [6.45, 7) is 0. The molecule has 1 N–H and O–H groups in total. The second-order valence-corrected chi connectivity index (χ2v) is 3.59. The summed E-state index contributed by atoms with van der Waals surface area (Å²) in [6, 6.07) is 8.26. The summed E-state index contributed by atoms with van der Waals surface area (Å²) in [5, 5.41) is 2.09. The molecule has 0 aromatic heterocycles. The zero-order valence-electron chi connectivity index (χ0n) is 9.14. The third-order valence-electron chi connectivity index (χ3n) is 2.42. The van der Waals surface area contributed by atoms with Gasteiger partial charge in [0.05, 0.1) is 0 Å². The van der Waals surface area contributed by atoms with Crippen LogP contribution in [0.1, 0.15) is 5.56 Å². The summed E-state index contributed by atoms with van der Waals surface area (Å²) in [5.74, 6) is -1.26. The fraction of sp³-hybridized carbons (Fsp3) is 0.0833. The van der Waals surface area contributed by atoms with Crippen LogP contribution in [0.15, 0.2) is 35.9 Å². The van der Waals surface area contributed by atoms with Crippen LogP contribution in [0.25, 0.3) is 6.08 Å². The summed E-state index contributed by atoms with van der Waals surface area (Å²) < 4.78 is 0. The van der Waals surface area contributed by atoms with Crippen molar-refractivity contribution in [3.63, 3.8) is 0 Å². The van der Waals surface area contributed by atoms with Gasteiger partial charge in [-0.25, -0.2) is 4.79 Å². The third kappa shape index (κ3) is 2.08. The molecule has 0 atom stereocenters. The van der Waals surface area contributed by atoms with Crippen molar-refractivity contribution in [1.29, 1.82) is 0 Å². The van der Waals surface area contributed by atoms with Gasteiger partial charge in [-0.1, -0.05) is 30.3 Å². The van der Waals surface area contributed by atoms with Gasteiger partial charge in [-0.3, -0.25) is 19.8 Å². The van der Waals surface area contributed by atoms with Gasteiger partial charge in [-0.2, -0.15) is 0 Å². The number of hydrogen-bond donors (Lipinski definition) is 1. The minimum Gasteiger partial charge on any atom is -0.273 e. The highest BCUT2D eigenvalue weighted by molar-refractivity contribution is 6.30. The second-order valence-electron chi connectivity index (χ2n) is 3.59. The van der Waals surface area contributed by atoms with Crippen molar-refractivity contribution in [2.45, 2.75) is 0 Å². The summed E-state index contributed by atoms with van der Waals surface area (Å²) in [6.07, 6.45) is 1.46. The van der Waals surface area contributed by atoms with Gasteiger partial charge in [0.2, 0.25) is 0 Å². The van der Waals surface area contributed by atoms with Crippen LogP contribution in [0.4, 0.5) is 4.79 Å². The number of carbonyl (C=O) groups excluding carboxylic acids is 3. The molecule has 1 saturated heterocycles.